The molecule has 3 unspecified atom stereocenters. The lowest BCUT2D eigenvalue weighted by Gasteiger charge is -2.27. The molecule has 2 saturated carbocycles. The van der Waals surface area contributed by atoms with Crippen molar-refractivity contribution in [1.29, 1.82) is 0 Å². The molecule has 3 aliphatic rings. The number of hydrogen-bond acceptors (Lipinski definition) is 2. The Morgan fingerprint density at radius 3 is 2.75 bits per heavy atom. The van der Waals surface area contributed by atoms with Crippen LogP contribution in [0.15, 0.2) is 18.2 Å². The van der Waals surface area contributed by atoms with E-state index in [1.165, 1.54) is 30.4 Å². The minimum absolute atomic E-state index is 0.193. The van der Waals surface area contributed by atoms with Gasteiger partial charge in [-0.15, -0.1) is 0 Å². The lowest BCUT2D eigenvalue weighted by atomic mass is 9.93. The lowest BCUT2D eigenvalue weighted by molar-refractivity contribution is -0.118. The van der Waals surface area contributed by atoms with Crippen LogP contribution < -0.4 is 10.6 Å². The van der Waals surface area contributed by atoms with E-state index in [0.717, 1.165) is 23.9 Å². The van der Waals surface area contributed by atoms with E-state index < -0.39 is 0 Å². The Labute approximate surface area is 120 Å². The smallest absolute Gasteiger partial charge is 0.227 e. The maximum Gasteiger partial charge on any atom is 0.227 e. The predicted octanol–water partition coefficient (Wildman–Crippen LogP) is 2.64. The molecule has 1 aromatic carbocycles. The summed E-state index contributed by atoms with van der Waals surface area (Å²) in [6, 6.07) is 6.65. The van der Waals surface area contributed by atoms with Crippen molar-refractivity contribution in [3.63, 3.8) is 0 Å². The van der Waals surface area contributed by atoms with Gasteiger partial charge in [0.05, 0.1) is 0 Å². The van der Waals surface area contributed by atoms with E-state index in [1.54, 1.807) is 4.90 Å². The van der Waals surface area contributed by atoms with Crippen LogP contribution in [0.3, 0.4) is 0 Å². The van der Waals surface area contributed by atoms with Crippen molar-refractivity contribution in [2.45, 2.75) is 38.1 Å². The number of fused-ring (bicyclic) bond motifs is 2. The van der Waals surface area contributed by atoms with Crippen molar-refractivity contribution in [3.05, 3.63) is 29.3 Å². The largest absolute Gasteiger partial charge is 0.324 e. The first-order valence-corrected chi connectivity index (χ1v) is 7.82. The third kappa shape index (κ3) is 1.72. The van der Waals surface area contributed by atoms with Crippen molar-refractivity contribution < 1.29 is 4.79 Å². The van der Waals surface area contributed by atoms with Crippen molar-refractivity contribution in [1.82, 2.24) is 0 Å². The summed E-state index contributed by atoms with van der Waals surface area (Å²) in [5.41, 5.74) is 10.1. The SMILES string of the molecule is CN1C(=O)CCc2cc(C(N)C3C4CCCC43)ccc21. The van der Waals surface area contributed by atoms with Gasteiger partial charge in [0.1, 0.15) is 0 Å². The number of nitrogens with zero attached hydrogens (tertiary/aromatic N) is 1. The van der Waals surface area contributed by atoms with Gasteiger partial charge in [-0.3, -0.25) is 4.79 Å². The Morgan fingerprint density at radius 2 is 2.00 bits per heavy atom. The number of amides is 1. The highest BCUT2D eigenvalue weighted by atomic mass is 16.2. The zero-order chi connectivity index (χ0) is 13.9. The average molecular weight is 270 g/mol. The number of anilines is 1. The van der Waals surface area contributed by atoms with Crippen LogP contribution in [0.4, 0.5) is 5.69 Å². The Kier molecular flexibility index (Phi) is 2.68. The lowest BCUT2D eigenvalue weighted by Crippen LogP contribution is -2.31. The van der Waals surface area contributed by atoms with Crippen molar-refractivity contribution >= 4 is 11.6 Å². The van der Waals surface area contributed by atoms with Crippen LogP contribution in [0.1, 0.15) is 42.9 Å². The van der Waals surface area contributed by atoms with Crippen molar-refractivity contribution in [2.24, 2.45) is 23.5 Å². The molecule has 1 amide bonds. The van der Waals surface area contributed by atoms with E-state index >= 15 is 0 Å². The normalized spacial score (nSPS) is 32.8. The van der Waals surface area contributed by atoms with Crippen LogP contribution in [0.2, 0.25) is 0 Å². The molecule has 3 heteroatoms. The first kappa shape index (κ1) is 12.4. The van der Waals surface area contributed by atoms with Gasteiger partial charge in [0, 0.05) is 25.2 Å². The Morgan fingerprint density at radius 1 is 1.25 bits per heavy atom. The molecule has 3 nitrogen and oxygen atoms in total. The molecule has 0 aromatic heterocycles. The van der Waals surface area contributed by atoms with Gasteiger partial charge in [-0.25, -0.2) is 0 Å². The highest BCUT2D eigenvalue weighted by Crippen LogP contribution is 2.61. The van der Waals surface area contributed by atoms with Crippen molar-refractivity contribution in [3.8, 4) is 0 Å². The molecule has 20 heavy (non-hydrogen) atoms. The summed E-state index contributed by atoms with van der Waals surface area (Å²) in [6.07, 6.45) is 5.64. The van der Waals surface area contributed by atoms with E-state index in [1.807, 2.05) is 7.05 Å². The summed E-state index contributed by atoms with van der Waals surface area (Å²) >= 11 is 0. The van der Waals surface area contributed by atoms with Gasteiger partial charge in [0.2, 0.25) is 5.91 Å². The maximum absolute atomic E-state index is 11.7. The minimum Gasteiger partial charge on any atom is -0.324 e. The average Bonchev–Trinajstić information content (AvgIpc) is 2.94. The molecule has 3 atom stereocenters. The molecule has 1 heterocycles. The zero-order valence-corrected chi connectivity index (χ0v) is 12.0. The highest BCUT2D eigenvalue weighted by Gasteiger charge is 2.55. The van der Waals surface area contributed by atoms with Crippen LogP contribution in [-0.2, 0) is 11.2 Å². The second kappa shape index (κ2) is 4.32. The summed E-state index contributed by atoms with van der Waals surface area (Å²) in [7, 11) is 1.87. The van der Waals surface area contributed by atoms with Crippen LogP contribution in [0, 0.1) is 17.8 Å². The van der Waals surface area contributed by atoms with Crippen LogP contribution in [-0.4, -0.2) is 13.0 Å². The molecule has 0 spiro atoms. The van der Waals surface area contributed by atoms with Gasteiger partial charge < -0.3 is 10.6 Å². The fourth-order valence-electron chi connectivity index (χ4n) is 4.52. The summed E-state index contributed by atoms with van der Waals surface area (Å²) in [4.78, 5) is 13.5. The molecule has 0 saturated heterocycles. The van der Waals surface area contributed by atoms with Gasteiger partial charge in [0.25, 0.3) is 0 Å². The second-order valence-corrected chi connectivity index (χ2v) is 6.70. The monoisotopic (exact) mass is 270 g/mol. The van der Waals surface area contributed by atoms with E-state index in [2.05, 4.69) is 18.2 Å². The minimum atomic E-state index is 0.193. The highest BCUT2D eigenvalue weighted by molar-refractivity contribution is 5.95. The number of rotatable bonds is 2. The van der Waals surface area contributed by atoms with Crippen LogP contribution >= 0.6 is 0 Å². The molecule has 4 rings (SSSR count). The molecule has 2 N–H and O–H groups in total. The van der Waals surface area contributed by atoms with E-state index in [0.29, 0.717) is 12.3 Å². The quantitative estimate of drug-likeness (QED) is 0.898. The fraction of sp³-hybridized carbons (Fsp3) is 0.588. The van der Waals surface area contributed by atoms with E-state index in [4.69, 9.17) is 5.73 Å². The van der Waals surface area contributed by atoms with Gasteiger partial charge in [-0.2, -0.15) is 0 Å². The summed E-state index contributed by atoms with van der Waals surface area (Å²) in [6.45, 7) is 0. The molecule has 2 aliphatic carbocycles. The van der Waals surface area contributed by atoms with E-state index in [9.17, 15) is 4.79 Å². The number of carbonyl (C=O) groups excluding carboxylic acids is 1. The third-order valence-electron chi connectivity index (χ3n) is 5.72. The molecule has 0 radical (unpaired) electrons. The summed E-state index contributed by atoms with van der Waals surface area (Å²) < 4.78 is 0. The summed E-state index contributed by atoms with van der Waals surface area (Å²) in [5, 5.41) is 0. The van der Waals surface area contributed by atoms with Gasteiger partial charge in [-0.1, -0.05) is 18.6 Å². The topological polar surface area (TPSA) is 46.3 Å². The molecule has 1 aliphatic heterocycles. The molecular formula is C17H22N2O. The maximum atomic E-state index is 11.7. The van der Waals surface area contributed by atoms with Crippen LogP contribution in [0.5, 0.6) is 0 Å². The summed E-state index contributed by atoms with van der Waals surface area (Å²) in [5.74, 6) is 2.71. The van der Waals surface area contributed by atoms with Gasteiger partial charge in [-0.05, 0) is 54.2 Å². The first-order valence-electron chi connectivity index (χ1n) is 7.82. The van der Waals surface area contributed by atoms with Gasteiger partial charge >= 0.3 is 0 Å². The number of aryl methyl sites for hydroxylation is 1. The second-order valence-electron chi connectivity index (χ2n) is 6.70. The van der Waals surface area contributed by atoms with Crippen molar-refractivity contribution in [2.75, 3.05) is 11.9 Å². The zero-order valence-electron chi connectivity index (χ0n) is 12.0. The number of carbonyl (C=O) groups is 1. The molecule has 2 fully saturated rings. The Balaban J connectivity index is 1.59. The number of nitrogens with two attached hydrogens (primary N) is 1. The first-order chi connectivity index (χ1) is 9.66. The van der Waals surface area contributed by atoms with E-state index in [-0.39, 0.29) is 11.9 Å². The third-order valence-corrected chi connectivity index (χ3v) is 5.72. The molecule has 0 bridgehead atoms. The van der Waals surface area contributed by atoms with Crippen LogP contribution in [0.25, 0.3) is 0 Å². The standard InChI is InChI=1S/C17H22N2O/c1-19-14-7-5-11(9-10(14)6-8-15(19)20)17(18)16-12-3-2-4-13(12)16/h5,7,9,12-13,16-17H,2-4,6,8,18H2,1H3. The molecular weight excluding hydrogens is 248 g/mol. The Hall–Kier alpha value is -1.35. The van der Waals surface area contributed by atoms with Gasteiger partial charge in [0.15, 0.2) is 0 Å². The predicted molar refractivity (Wildman–Crippen MR) is 79.4 cm³/mol. The number of hydrogen-bond donors (Lipinski definition) is 1. The fourth-order valence-corrected chi connectivity index (χ4v) is 4.52. The number of benzene rings is 1. The molecule has 1 aromatic rings. The molecule has 106 valence electrons. The Bertz CT molecular complexity index is 558.